The number of amides is 1. The van der Waals surface area contributed by atoms with Crippen molar-refractivity contribution in [2.45, 2.75) is 32.5 Å². The van der Waals surface area contributed by atoms with Gasteiger partial charge in [-0.1, -0.05) is 82.7 Å². The average molecular weight is 500 g/mol. The first kappa shape index (κ1) is 21.8. The molecule has 2 heterocycles. The summed E-state index contributed by atoms with van der Waals surface area (Å²) in [6.07, 6.45) is 0.840. The van der Waals surface area contributed by atoms with Gasteiger partial charge in [0.15, 0.2) is 0 Å². The summed E-state index contributed by atoms with van der Waals surface area (Å²) in [6, 6.07) is 26.4. The molecule has 0 aliphatic carbocycles. The first-order valence-electron chi connectivity index (χ1n) is 11.3. The highest BCUT2D eigenvalue weighted by molar-refractivity contribution is 9.10. The fourth-order valence-corrected chi connectivity index (χ4v) is 5.28. The largest absolute Gasteiger partial charge is 0.345 e. The van der Waals surface area contributed by atoms with Gasteiger partial charge < -0.3 is 5.32 Å². The molecule has 1 atom stereocenters. The Hall–Kier alpha value is -3.02. The number of aromatic nitrogens is 1. The van der Waals surface area contributed by atoms with Gasteiger partial charge in [-0.3, -0.25) is 14.7 Å². The van der Waals surface area contributed by atoms with E-state index in [9.17, 15) is 4.79 Å². The molecule has 33 heavy (non-hydrogen) atoms. The Morgan fingerprint density at radius 2 is 1.76 bits per heavy atom. The summed E-state index contributed by atoms with van der Waals surface area (Å²) >= 11 is 3.61. The number of carbonyl (C=O) groups is 1. The number of nitrogens with one attached hydrogen (secondary N) is 1. The van der Waals surface area contributed by atoms with Gasteiger partial charge in [-0.15, -0.1) is 0 Å². The third-order valence-electron chi connectivity index (χ3n) is 6.32. The van der Waals surface area contributed by atoms with Gasteiger partial charge in [-0.25, -0.2) is 0 Å². The van der Waals surface area contributed by atoms with Crippen molar-refractivity contribution < 1.29 is 4.79 Å². The van der Waals surface area contributed by atoms with Crippen LogP contribution in [0.25, 0.3) is 10.9 Å². The monoisotopic (exact) mass is 499 g/mol. The van der Waals surface area contributed by atoms with Gasteiger partial charge in [0.05, 0.1) is 17.1 Å². The Morgan fingerprint density at radius 1 is 1.03 bits per heavy atom. The van der Waals surface area contributed by atoms with Crippen LogP contribution in [-0.2, 0) is 19.5 Å². The van der Waals surface area contributed by atoms with Crippen LogP contribution in [0.5, 0.6) is 0 Å². The van der Waals surface area contributed by atoms with Gasteiger partial charge in [0.2, 0.25) is 0 Å². The summed E-state index contributed by atoms with van der Waals surface area (Å²) < 4.78 is 0.994. The molecule has 0 saturated heterocycles. The SMILES string of the molecule is C[C@H](NC(=O)c1c2c(nc3ccccc13)CCN(Cc1ccccc1)C2)c1ccccc1Br. The Morgan fingerprint density at radius 3 is 2.58 bits per heavy atom. The number of pyridine rings is 1. The van der Waals surface area contributed by atoms with E-state index in [-0.39, 0.29) is 11.9 Å². The second-order valence-electron chi connectivity index (χ2n) is 8.59. The molecule has 1 amide bonds. The Kier molecular flexibility index (Phi) is 6.25. The quantitative estimate of drug-likeness (QED) is 0.363. The van der Waals surface area contributed by atoms with Crippen molar-refractivity contribution in [1.82, 2.24) is 15.2 Å². The summed E-state index contributed by atoms with van der Waals surface area (Å²) in [6.45, 7) is 4.53. The van der Waals surface area contributed by atoms with E-state index in [4.69, 9.17) is 4.98 Å². The topological polar surface area (TPSA) is 45.2 Å². The number of nitrogens with zero attached hydrogens (tertiary/aromatic N) is 2. The molecule has 1 aliphatic rings. The Balaban J connectivity index is 1.50. The van der Waals surface area contributed by atoms with Crippen molar-refractivity contribution in [3.63, 3.8) is 0 Å². The van der Waals surface area contributed by atoms with Crippen LogP contribution < -0.4 is 5.32 Å². The van der Waals surface area contributed by atoms with Crippen molar-refractivity contribution in [2.75, 3.05) is 6.54 Å². The molecule has 1 aliphatic heterocycles. The molecule has 0 saturated carbocycles. The highest BCUT2D eigenvalue weighted by atomic mass is 79.9. The molecule has 3 aromatic carbocycles. The molecule has 166 valence electrons. The zero-order valence-corrected chi connectivity index (χ0v) is 20.2. The number of hydrogen-bond acceptors (Lipinski definition) is 3. The van der Waals surface area contributed by atoms with Gasteiger partial charge in [0, 0.05) is 47.2 Å². The number of carbonyl (C=O) groups excluding carboxylic acids is 1. The van der Waals surface area contributed by atoms with Crippen LogP contribution in [0.1, 0.15) is 45.7 Å². The van der Waals surface area contributed by atoms with E-state index in [1.165, 1.54) is 5.56 Å². The molecule has 0 fully saturated rings. The van der Waals surface area contributed by atoms with Crippen LogP contribution in [0.3, 0.4) is 0 Å². The summed E-state index contributed by atoms with van der Waals surface area (Å²) in [5.74, 6) is -0.0466. The van der Waals surface area contributed by atoms with Crippen LogP contribution >= 0.6 is 15.9 Å². The standard InChI is InChI=1S/C28H26BrN3O/c1-19(21-11-5-7-13-24(21)29)30-28(33)27-22-12-6-8-14-25(22)31-26-15-16-32(18-23(26)27)17-20-9-3-2-4-10-20/h2-14,19H,15-18H2,1H3,(H,30,33)/t19-/m0/s1. The predicted molar refractivity (Wildman–Crippen MR) is 136 cm³/mol. The molecular formula is C28H26BrN3O. The maximum Gasteiger partial charge on any atom is 0.252 e. The van der Waals surface area contributed by atoms with Crippen molar-refractivity contribution >= 4 is 32.7 Å². The van der Waals surface area contributed by atoms with E-state index in [0.717, 1.165) is 57.3 Å². The van der Waals surface area contributed by atoms with Crippen LogP contribution in [0.15, 0.2) is 83.3 Å². The summed E-state index contributed by atoms with van der Waals surface area (Å²) in [5.41, 5.74) is 6.06. The van der Waals surface area contributed by atoms with Gasteiger partial charge in [0.25, 0.3) is 5.91 Å². The zero-order valence-electron chi connectivity index (χ0n) is 18.6. The Labute approximate surface area is 202 Å². The van der Waals surface area contributed by atoms with E-state index in [0.29, 0.717) is 6.54 Å². The molecule has 0 radical (unpaired) electrons. The lowest BCUT2D eigenvalue weighted by Crippen LogP contribution is -2.34. The maximum atomic E-state index is 13.7. The van der Waals surface area contributed by atoms with E-state index < -0.39 is 0 Å². The minimum atomic E-state index is -0.125. The number of benzene rings is 3. The highest BCUT2D eigenvalue weighted by Gasteiger charge is 2.26. The molecule has 4 aromatic rings. The highest BCUT2D eigenvalue weighted by Crippen LogP contribution is 2.30. The molecule has 5 heteroatoms. The van der Waals surface area contributed by atoms with Crippen LogP contribution in [-0.4, -0.2) is 22.3 Å². The van der Waals surface area contributed by atoms with E-state index >= 15 is 0 Å². The fraction of sp³-hybridized carbons (Fsp3) is 0.214. The number of hydrogen-bond donors (Lipinski definition) is 1. The molecule has 4 nitrogen and oxygen atoms in total. The number of halogens is 1. The molecule has 0 bridgehead atoms. The lowest BCUT2D eigenvalue weighted by atomic mass is 9.94. The molecule has 1 aromatic heterocycles. The van der Waals surface area contributed by atoms with Gasteiger partial charge in [-0.05, 0) is 30.2 Å². The number of rotatable bonds is 5. The summed E-state index contributed by atoms with van der Waals surface area (Å²) in [4.78, 5) is 21.1. The van der Waals surface area contributed by atoms with E-state index in [1.54, 1.807) is 0 Å². The summed E-state index contributed by atoms with van der Waals surface area (Å²) in [5, 5.41) is 4.16. The number of para-hydroxylation sites is 1. The first-order valence-corrected chi connectivity index (χ1v) is 12.1. The number of fused-ring (bicyclic) bond motifs is 2. The van der Waals surface area contributed by atoms with Gasteiger partial charge in [0.1, 0.15) is 0 Å². The van der Waals surface area contributed by atoms with E-state index in [1.807, 2.05) is 61.5 Å². The van der Waals surface area contributed by atoms with E-state index in [2.05, 4.69) is 50.4 Å². The lowest BCUT2D eigenvalue weighted by molar-refractivity contribution is 0.0938. The smallest absolute Gasteiger partial charge is 0.252 e. The molecule has 5 rings (SSSR count). The van der Waals surface area contributed by atoms with Crippen LogP contribution in [0, 0.1) is 0 Å². The minimum absolute atomic E-state index is 0.0466. The molecule has 0 spiro atoms. The predicted octanol–water partition coefficient (Wildman–Crippen LogP) is 6.05. The maximum absolute atomic E-state index is 13.7. The van der Waals surface area contributed by atoms with Gasteiger partial charge in [-0.2, -0.15) is 0 Å². The fourth-order valence-electron chi connectivity index (χ4n) is 4.65. The third kappa shape index (κ3) is 4.56. The van der Waals surface area contributed by atoms with Crippen LogP contribution in [0.2, 0.25) is 0 Å². The van der Waals surface area contributed by atoms with Crippen molar-refractivity contribution in [1.29, 1.82) is 0 Å². The summed E-state index contributed by atoms with van der Waals surface area (Å²) in [7, 11) is 0. The second kappa shape index (κ2) is 9.46. The first-order chi connectivity index (χ1) is 16.1. The van der Waals surface area contributed by atoms with Gasteiger partial charge >= 0.3 is 0 Å². The molecule has 0 unspecified atom stereocenters. The average Bonchev–Trinajstić information content (AvgIpc) is 2.83. The van der Waals surface area contributed by atoms with Crippen molar-refractivity contribution in [3.8, 4) is 0 Å². The molecular weight excluding hydrogens is 474 g/mol. The molecule has 1 N–H and O–H groups in total. The van der Waals surface area contributed by atoms with Crippen molar-refractivity contribution in [3.05, 3.63) is 111 Å². The zero-order chi connectivity index (χ0) is 22.8. The Bertz CT molecular complexity index is 1310. The lowest BCUT2D eigenvalue weighted by Gasteiger charge is -2.30. The van der Waals surface area contributed by atoms with Crippen molar-refractivity contribution in [2.24, 2.45) is 0 Å². The third-order valence-corrected chi connectivity index (χ3v) is 7.04. The second-order valence-corrected chi connectivity index (χ2v) is 9.45. The normalized spacial score (nSPS) is 14.6. The van der Waals surface area contributed by atoms with Crippen LogP contribution in [0.4, 0.5) is 0 Å². The minimum Gasteiger partial charge on any atom is -0.345 e.